The largest absolute Gasteiger partial charge is 0.497 e. The number of rotatable bonds is 4. The maximum atomic E-state index is 12.5. The summed E-state index contributed by atoms with van der Waals surface area (Å²) in [6.07, 6.45) is 0. The molecule has 3 rings (SSSR count). The molecule has 4 nitrogen and oxygen atoms in total. The molecule has 0 radical (unpaired) electrons. The van der Waals surface area contributed by atoms with Crippen LogP contribution in [0, 0.1) is 0 Å². The summed E-state index contributed by atoms with van der Waals surface area (Å²) in [5.41, 5.74) is 0.567. The van der Waals surface area contributed by atoms with Gasteiger partial charge in [0.2, 0.25) is 0 Å². The molecule has 1 N–H and O–H groups in total. The van der Waals surface area contributed by atoms with Gasteiger partial charge >= 0.3 is 0 Å². The summed E-state index contributed by atoms with van der Waals surface area (Å²) in [5.74, 6) is 0.944. The number of carbonyl (C=O) groups excluding carboxylic acids is 1. The summed E-state index contributed by atoms with van der Waals surface area (Å²) in [6.45, 7) is 0. The quantitative estimate of drug-likeness (QED) is 0.650. The first-order valence-corrected chi connectivity index (χ1v) is 8.51. The molecule has 1 amide bonds. The van der Waals surface area contributed by atoms with Crippen LogP contribution in [0.25, 0.3) is 10.1 Å². The van der Waals surface area contributed by atoms with Crippen molar-refractivity contribution in [3.8, 4) is 11.5 Å². The molecular formula is C17H13Cl2NO3S. The lowest BCUT2D eigenvalue weighted by Crippen LogP contribution is -2.10. The Morgan fingerprint density at radius 1 is 1.08 bits per heavy atom. The van der Waals surface area contributed by atoms with E-state index in [4.69, 9.17) is 32.7 Å². The number of carbonyl (C=O) groups is 1. The summed E-state index contributed by atoms with van der Waals surface area (Å²) in [7, 11) is 3.12. The molecule has 7 heteroatoms. The third kappa shape index (κ3) is 3.15. The fourth-order valence-corrected chi connectivity index (χ4v) is 3.89. The van der Waals surface area contributed by atoms with E-state index in [1.807, 2.05) is 18.2 Å². The maximum Gasteiger partial charge on any atom is 0.267 e. The molecule has 3 aromatic rings. The van der Waals surface area contributed by atoms with E-state index in [0.717, 1.165) is 10.1 Å². The Morgan fingerprint density at radius 2 is 1.88 bits per heavy atom. The number of ether oxygens (including phenoxy) is 2. The zero-order chi connectivity index (χ0) is 17.3. The molecule has 0 bridgehead atoms. The second-order valence-electron chi connectivity index (χ2n) is 4.91. The molecule has 0 saturated heterocycles. The number of methoxy groups -OCH3 is 2. The summed E-state index contributed by atoms with van der Waals surface area (Å²) in [6, 6.07) is 10.6. The lowest BCUT2D eigenvalue weighted by atomic mass is 10.2. The van der Waals surface area contributed by atoms with Crippen molar-refractivity contribution in [1.82, 2.24) is 0 Å². The van der Waals surface area contributed by atoms with Gasteiger partial charge in [0.1, 0.15) is 16.4 Å². The van der Waals surface area contributed by atoms with Gasteiger partial charge in [-0.3, -0.25) is 4.79 Å². The van der Waals surface area contributed by atoms with E-state index in [1.165, 1.54) is 18.4 Å². The molecule has 0 unspecified atom stereocenters. The van der Waals surface area contributed by atoms with Gasteiger partial charge in [0.15, 0.2) is 0 Å². The third-order valence-corrected chi connectivity index (χ3v) is 5.42. The van der Waals surface area contributed by atoms with Crippen LogP contribution in [0.15, 0.2) is 36.4 Å². The van der Waals surface area contributed by atoms with Crippen molar-refractivity contribution >= 4 is 56.2 Å². The molecule has 0 aliphatic heterocycles. The Hall–Kier alpha value is -1.95. The van der Waals surface area contributed by atoms with E-state index in [2.05, 4.69) is 5.32 Å². The zero-order valence-corrected chi connectivity index (χ0v) is 15.2. The molecular weight excluding hydrogens is 369 g/mol. The van der Waals surface area contributed by atoms with Crippen LogP contribution < -0.4 is 14.8 Å². The van der Waals surface area contributed by atoms with Crippen LogP contribution in [0.3, 0.4) is 0 Å². The highest BCUT2D eigenvalue weighted by Gasteiger charge is 2.18. The molecule has 0 atom stereocenters. The second-order valence-corrected chi connectivity index (χ2v) is 6.75. The number of hydrogen-bond acceptors (Lipinski definition) is 4. The molecule has 1 heterocycles. The Labute approximate surface area is 152 Å². The van der Waals surface area contributed by atoms with Crippen LogP contribution in [-0.2, 0) is 0 Å². The number of amides is 1. The molecule has 0 aliphatic carbocycles. The van der Waals surface area contributed by atoms with Crippen molar-refractivity contribution in [3.63, 3.8) is 0 Å². The van der Waals surface area contributed by atoms with Gasteiger partial charge in [0.25, 0.3) is 5.91 Å². The van der Waals surface area contributed by atoms with Crippen LogP contribution in [0.1, 0.15) is 9.67 Å². The smallest absolute Gasteiger partial charge is 0.267 e. The van der Waals surface area contributed by atoms with Gasteiger partial charge in [-0.25, -0.2) is 0 Å². The highest BCUT2D eigenvalue weighted by Crippen LogP contribution is 2.38. The van der Waals surface area contributed by atoms with Gasteiger partial charge in [0, 0.05) is 15.8 Å². The molecule has 2 aromatic carbocycles. The average molecular weight is 382 g/mol. The van der Waals surface area contributed by atoms with Crippen LogP contribution in [0.2, 0.25) is 10.0 Å². The van der Waals surface area contributed by atoms with Crippen LogP contribution in [-0.4, -0.2) is 20.1 Å². The van der Waals surface area contributed by atoms with Crippen LogP contribution in [0.5, 0.6) is 11.5 Å². The molecule has 0 spiro atoms. The SMILES string of the molecule is COc1ccc2sc(C(=O)Nc3ccc(OC)c(Cl)c3)c(Cl)c2c1. The standard InChI is InChI=1S/C17H13Cl2NO3S/c1-22-10-4-6-14-11(8-10)15(19)16(24-14)17(21)20-9-3-5-13(23-2)12(18)7-9/h3-8H,1-2H3,(H,20,21). The number of benzene rings is 2. The molecule has 1 aromatic heterocycles. The van der Waals surface area contributed by atoms with Gasteiger partial charge < -0.3 is 14.8 Å². The average Bonchev–Trinajstić information content (AvgIpc) is 2.91. The fourth-order valence-electron chi connectivity index (χ4n) is 2.25. The lowest BCUT2D eigenvalue weighted by Gasteiger charge is -2.07. The zero-order valence-electron chi connectivity index (χ0n) is 12.9. The maximum absolute atomic E-state index is 12.5. The Bertz CT molecular complexity index is 924. The van der Waals surface area contributed by atoms with E-state index in [9.17, 15) is 4.79 Å². The molecule has 0 saturated carbocycles. The monoisotopic (exact) mass is 381 g/mol. The van der Waals surface area contributed by atoms with Crippen LogP contribution in [0.4, 0.5) is 5.69 Å². The van der Waals surface area contributed by atoms with Crippen molar-refractivity contribution in [1.29, 1.82) is 0 Å². The minimum Gasteiger partial charge on any atom is -0.497 e. The van der Waals surface area contributed by atoms with E-state index >= 15 is 0 Å². The fraction of sp³-hybridized carbons (Fsp3) is 0.118. The van der Waals surface area contributed by atoms with E-state index in [1.54, 1.807) is 25.3 Å². The third-order valence-electron chi connectivity index (χ3n) is 3.45. The first-order chi connectivity index (χ1) is 11.5. The predicted octanol–water partition coefficient (Wildman–Crippen LogP) is 5.48. The van der Waals surface area contributed by atoms with E-state index in [-0.39, 0.29) is 5.91 Å². The topological polar surface area (TPSA) is 47.6 Å². The van der Waals surface area contributed by atoms with Gasteiger partial charge in [-0.05, 0) is 36.4 Å². The van der Waals surface area contributed by atoms with Gasteiger partial charge in [-0.1, -0.05) is 23.2 Å². The van der Waals surface area contributed by atoms with Crippen molar-refractivity contribution in [2.24, 2.45) is 0 Å². The second kappa shape index (κ2) is 6.89. The van der Waals surface area contributed by atoms with Crippen molar-refractivity contribution in [2.75, 3.05) is 19.5 Å². The Kier molecular flexibility index (Phi) is 4.85. The molecule has 0 fully saturated rings. The summed E-state index contributed by atoms with van der Waals surface area (Å²) >= 11 is 13.8. The molecule has 124 valence electrons. The van der Waals surface area contributed by atoms with E-state index in [0.29, 0.717) is 32.1 Å². The summed E-state index contributed by atoms with van der Waals surface area (Å²) < 4.78 is 11.2. The highest BCUT2D eigenvalue weighted by molar-refractivity contribution is 7.21. The first-order valence-electron chi connectivity index (χ1n) is 6.94. The first kappa shape index (κ1) is 16.9. The normalized spacial score (nSPS) is 10.7. The Balaban J connectivity index is 1.91. The number of halogens is 2. The predicted molar refractivity (Wildman–Crippen MR) is 99.3 cm³/mol. The van der Waals surface area contributed by atoms with Gasteiger partial charge in [-0.2, -0.15) is 0 Å². The van der Waals surface area contributed by atoms with Crippen LogP contribution >= 0.6 is 34.5 Å². The summed E-state index contributed by atoms with van der Waals surface area (Å²) in [5, 5.41) is 4.41. The number of nitrogens with one attached hydrogen (secondary N) is 1. The van der Waals surface area contributed by atoms with Crippen molar-refractivity contribution in [3.05, 3.63) is 51.3 Å². The van der Waals surface area contributed by atoms with Crippen molar-refractivity contribution < 1.29 is 14.3 Å². The van der Waals surface area contributed by atoms with Gasteiger partial charge in [0.05, 0.1) is 24.3 Å². The van der Waals surface area contributed by atoms with Crippen molar-refractivity contribution in [2.45, 2.75) is 0 Å². The molecule has 0 aliphatic rings. The van der Waals surface area contributed by atoms with E-state index < -0.39 is 0 Å². The highest BCUT2D eigenvalue weighted by atomic mass is 35.5. The minimum atomic E-state index is -0.290. The van der Waals surface area contributed by atoms with Gasteiger partial charge in [-0.15, -0.1) is 11.3 Å². The number of hydrogen-bond donors (Lipinski definition) is 1. The lowest BCUT2D eigenvalue weighted by molar-refractivity contribution is 0.103. The summed E-state index contributed by atoms with van der Waals surface area (Å²) in [4.78, 5) is 13.0. The Morgan fingerprint density at radius 3 is 2.54 bits per heavy atom. The molecule has 24 heavy (non-hydrogen) atoms. The number of thiophene rings is 1. The number of anilines is 1. The number of fused-ring (bicyclic) bond motifs is 1. The minimum absolute atomic E-state index is 0.290.